The van der Waals surface area contributed by atoms with Crippen LogP contribution in [0.15, 0.2) is 30.3 Å². The van der Waals surface area contributed by atoms with Crippen molar-refractivity contribution >= 4 is 0 Å². The third-order valence-electron chi connectivity index (χ3n) is 4.06. The van der Waals surface area contributed by atoms with Crippen LogP contribution in [0.3, 0.4) is 0 Å². The van der Waals surface area contributed by atoms with E-state index in [1.807, 2.05) is 20.0 Å². The van der Waals surface area contributed by atoms with E-state index < -0.39 is 0 Å². The van der Waals surface area contributed by atoms with Crippen molar-refractivity contribution < 1.29 is 4.74 Å². The first kappa shape index (κ1) is 14.2. The molecule has 0 spiro atoms. The lowest BCUT2D eigenvalue weighted by Crippen LogP contribution is -2.42. The van der Waals surface area contributed by atoms with Crippen LogP contribution >= 0.6 is 0 Å². The van der Waals surface area contributed by atoms with Gasteiger partial charge in [-0.3, -0.25) is 4.90 Å². The minimum Gasteiger partial charge on any atom is -0.368 e. The van der Waals surface area contributed by atoms with Crippen LogP contribution in [-0.4, -0.2) is 38.9 Å². The zero-order valence-electron chi connectivity index (χ0n) is 12.9. The number of aryl methyl sites for hydroxylation is 1. The van der Waals surface area contributed by atoms with Crippen molar-refractivity contribution in [3.05, 3.63) is 47.5 Å². The van der Waals surface area contributed by atoms with Gasteiger partial charge in [-0.1, -0.05) is 30.3 Å². The van der Waals surface area contributed by atoms with Crippen LogP contribution in [0.2, 0.25) is 0 Å². The van der Waals surface area contributed by atoms with E-state index in [4.69, 9.17) is 4.74 Å². The Bertz CT molecular complexity index is 596. The summed E-state index contributed by atoms with van der Waals surface area (Å²) >= 11 is 0. The van der Waals surface area contributed by atoms with Crippen LogP contribution in [0.4, 0.5) is 0 Å². The van der Waals surface area contributed by atoms with E-state index in [9.17, 15) is 0 Å². The second-order valence-corrected chi connectivity index (χ2v) is 5.76. The van der Waals surface area contributed by atoms with Gasteiger partial charge in [-0.25, -0.2) is 0 Å². The molecule has 0 unspecified atom stereocenters. The SMILES string of the molecule is Cc1nnc(CN2C[C@@H](c3ccccc3)O[C@@H](C)C2)n1C. The summed E-state index contributed by atoms with van der Waals surface area (Å²) in [7, 11) is 2.02. The molecule has 0 saturated carbocycles. The molecule has 112 valence electrons. The molecule has 1 saturated heterocycles. The topological polar surface area (TPSA) is 43.2 Å². The summed E-state index contributed by atoms with van der Waals surface area (Å²) in [6.45, 7) is 6.74. The normalized spacial score (nSPS) is 23.4. The molecule has 1 aliphatic heterocycles. The Morgan fingerprint density at radius 2 is 1.95 bits per heavy atom. The molecule has 3 rings (SSSR count). The number of benzene rings is 1. The molecule has 5 nitrogen and oxygen atoms in total. The molecular weight excluding hydrogens is 264 g/mol. The number of ether oxygens (including phenoxy) is 1. The van der Waals surface area contributed by atoms with Crippen LogP contribution in [0.5, 0.6) is 0 Å². The highest BCUT2D eigenvalue weighted by Gasteiger charge is 2.27. The lowest BCUT2D eigenvalue weighted by molar-refractivity contribution is -0.0821. The van der Waals surface area contributed by atoms with E-state index in [0.717, 1.165) is 31.3 Å². The van der Waals surface area contributed by atoms with Crippen LogP contribution in [0.25, 0.3) is 0 Å². The van der Waals surface area contributed by atoms with Gasteiger partial charge >= 0.3 is 0 Å². The summed E-state index contributed by atoms with van der Waals surface area (Å²) in [4.78, 5) is 2.40. The summed E-state index contributed by atoms with van der Waals surface area (Å²) in [5, 5.41) is 8.40. The molecule has 2 aromatic rings. The van der Waals surface area contributed by atoms with Gasteiger partial charge in [0.15, 0.2) is 0 Å². The van der Waals surface area contributed by atoms with Crippen LogP contribution in [-0.2, 0) is 18.3 Å². The van der Waals surface area contributed by atoms with Crippen molar-refractivity contribution in [1.82, 2.24) is 19.7 Å². The van der Waals surface area contributed by atoms with Crippen LogP contribution in [0.1, 0.15) is 30.2 Å². The van der Waals surface area contributed by atoms with Crippen LogP contribution < -0.4 is 0 Å². The Morgan fingerprint density at radius 3 is 2.62 bits per heavy atom. The fourth-order valence-electron chi connectivity index (χ4n) is 2.81. The average molecular weight is 286 g/mol. The number of nitrogens with zero attached hydrogens (tertiary/aromatic N) is 4. The molecule has 1 aromatic heterocycles. The van der Waals surface area contributed by atoms with Crippen molar-refractivity contribution in [3.63, 3.8) is 0 Å². The maximum absolute atomic E-state index is 6.09. The van der Waals surface area contributed by atoms with E-state index in [1.165, 1.54) is 5.56 Å². The Hall–Kier alpha value is -1.72. The molecule has 2 heterocycles. The van der Waals surface area contributed by atoms with Gasteiger partial charge in [-0.2, -0.15) is 0 Å². The highest BCUT2D eigenvalue weighted by molar-refractivity contribution is 5.18. The zero-order valence-corrected chi connectivity index (χ0v) is 12.9. The summed E-state index contributed by atoms with van der Waals surface area (Å²) < 4.78 is 8.14. The third-order valence-corrected chi connectivity index (χ3v) is 4.06. The number of rotatable bonds is 3. The number of aromatic nitrogens is 3. The smallest absolute Gasteiger partial charge is 0.146 e. The molecule has 1 fully saturated rings. The first-order chi connectivity index (χ1) is 10.1. The predicted molar refractivity (Wildman–Crippen MR) is 80.7 cm³/mol. The number of hydrogen-bond donors (Lipinski definition) is 0. The van der Waals surface area contributed by atoms with E-state index in [1.54, 1.807) is 0 Å². The summed E-state index contributed by atoms with van der Waals surface area (Å²) in [5.74, 6) is 1.96. The number of hydrogen-bond acceptors (Lipinski definition) is 4. The number of morpholine rings is 1. The molecule has 2 atom stereocenters. The van der Waals surface area contributed by atoms with Crippen molar-refractivity contribution in [1.29, 1.82) is 0 Å². The molecule has 0 N–H and O–H groups in total. The minimum absolute atomic E-state index is 0.129. The lowest BCUT2D eigenvalue weighted by Gasteiger charge is -2.36. The molecule has 1 aliphatic rings. The molecular formula is C16H22N4O. The quantitative estimate of drug-likeness (QED) is 0.866. The highest BCUT2D eigenvalue weighted by Crippen LogP contribution is 2.25. The summed E-state index contributed by atoms with van der Waals surface area (Å²) in [6.07, 6.45) is 0.350. The maximum Gasteiger partial charge on any atom is 0.146 e. The van der Waals surface area contributed by atoms with Gasteiger partial charge in [0.2, 0.25) is 0 Å². The van der Waals surface area contributed by atoms with Gasteiger partial charge in [-0.05, 0) is 19.4 Å². The third kappa shape index (κ3) is 3.14. The maximum atomic E-state index is 6.09. The van der Waals surface area contributed by atoms with Gasteiger partial charge in [0, 0.05) is 20.1 Å². The first-order valence-electron chi connectivity index (χ1n) is 7.41. The summed E-state index contributed by atoms with van der Waals surface area (Å²) in [6, 6.07) is 10.4. The standard InChI is InChI=1S/C16H22N4O/c1-12-9-20(11-16-18-17-13(2)19(16)3)10-15(21-12)14-7-5-4-6-8-14/h4-8,12,15H,9-11H2,1-3H3/t12-,15-/m0/s1. The van der Waals surface area contributed by atoms with E-state index in [2.05, 4.69) is 50.9 Å². The lowest BCUT2D eigenvalue weighted by atomic mass is 10.1. The Kier molecular flexibility index (Phi) is 4.03. The van der Waals surface area contributed by atoms with Crippen molar-refractivity contribution in [2.24, 2.45) is 7.05 Å². The fourth-order valence-corrected chi connectivity index (χ4v) is 2.81. The highest BCUT2D eigenvalue weighted by atomic mass is 16.5. The molecule has 21 heavy (non-hydrogen) atoms. The van der Waals surface area contributed by atoms with Crippen LogP contribution in [0, 0.1) is 6.92 Å². The van der Waals surface area contributed by atoms with E-state index in [0.29, 0.717) is 0 Å². The van der Waals surface area contributed by atoms with Gasteiger partial charge in [0.1, 0.15) is 11.6 Å². The Labute approximate surface area is 125 Å². The second kappa shape index (κ2) is 5.95. The Balaban J connectivity index is 1.73. The fraction of sp³-hybridized carbons (Fsp3) is 0.500. The second-order valence-electron chi connectivity index (χ2n) is 5.76. The van der Waals surface area contributed by atoms with E-state index in [-0.39, 0.29) is 12.2 Å². The molecule has 1 aromatic carbocycles. The average Bonchev–Trinajstić information content (AvgIpc) is 2.80. The zero-order chi connectivity index (χ0) is 14.8. The van der Waals surface area contributed by atoms with Gasteiger partial charge in [0.05, 0.1) is 18.8 Å². The molecule has 0 radical (unpaired) electrons. The van der Waals surface area contributed by atoms with Gasteiger partial charge in [-0.15, -0.1) is 10.2 Å². The molecule has 5 heteroatoms. The van der Waals surface area contributed by atoms with Gasteiger partial charge in [0.25, 0.3) is 0 Å². The predicted octanol–water partition coefficient (Wildman–Crippen LogP) is 2.09. The molecule has 0 amide bonds. The van der Waals surface area contributed by atoms with Crippen molar-refractivity contribution in [2.75, 3.05) is 13.1 Å². The molecule has 0 aliphatic carbocycles. The van der Waals surface area contributed by atoms with Crippen molar-refractivity contribution in [3.8, 4) is 0 Å². The largest absolute Gasteiger partial charge is 0.368 e. The first-order valence-corrected chi connectivity index (χ1v) is 7.41. The molecule has 0 bridgehead atoms. The van der Waals surface area contributed by atoms with E-state index >= 15 is 0 Å². The minimum atomic E-state index is 0.129. The van der Waals surface area contributed by atoms with Crippen molar-refractivity contribution in [2.45, 2.75) is 32.6 Å². The van der Waals surface area contributed by atoms with Gasteiger partial charge < -0.3 is 9.30 Å². The monoisotopic (exact) mass is 286 g/mol. The Morgan fingerprint density at radius 1 is 1.19 bits per heavy atom. The summed E-state index contributed by atoms with van der Waals surface area (Å²) in [5.41, 5.74) is 1.24.